The van der Waals surface area contributed by atoms with Crippen LogP contribution in [0.2, 0.25) is 0 Å². The molecule has 0 saturated carbocycles. The van der Waals surface area contributed by atoms with E-state index >= 15 is 0 Å². The molecular weight excluding hydrogens is 416 g/mol. The zero-order valence-corrected chi connectivity index (χ0v) is 18.6. The highest BCUT2D eigenvalue weighted by Gasteiger charge is 2.37. The fourth-order valence-electron chi connectivity index (χ4n) is 4.03. The average molecular weight is 443 g/mol. The van der Waals surface area contributed by atoms with Gasteiger partial charge in [-0.15, -0.1) is 0 Å². The number of aryl methyl sites for hydroxylation is 2. The lowest BCUT2D eigenvalue weighted by Crippen LogP contribution is -2.35. The van der Waals surface area contributed by atoms with Crippen molar-refractivity contribution in [1.82, 2.24) is 4.90 Å². The third-order valence-corrected chi connectivity index (χ3v) is 5.86. The molecule has 0 atom stereocenters. The monoisotopic (exact) mass is 442 g/mol. The zero-order chi connectivity index (χ0) is 23.6. The summed E-state index contributed by atoms with van der Waals surface area (Å²) in [5, 5.41) is 24.5. The van der Waals surface area contributed by atoms with E-state index in [4.69, 9.17) is 5.11 Å². The van der Waals surface area contributed by atoms with Crippen molar-refractivity contribution in [3.63, 3.8) is 0 Å². The maximum Gasteiger partial charge on any atom is 0.277 e. The Bertz CT molecular complexity index is 1170. The second kappa shape index (κ2) is 9.02. The Morgan fingerprint density at radius 1 is 0.848 bits per heavy atom. The lowest BCUT2D eigenvalue weighted by atomic mass is 9.79. The van der Waals surface area contributed by atoms with E-state index in [9.17, 15) is 14.7 Å². The first-order valence-corrected chi connectivity index (χ1v) is 10.8. The molecule has 6 heteroatoms. The summed E-state index contributed by atoms with van der Waals surface area (Å²) in [5.74, 6) is -1.00. The number of nitrogens with zero attached hydrogens (tertiary/aromatic N) is 1. The summed E-state index contributed by atoms with van der Waals surface area (Å²) in [6, 6.07) is 22.5. The Labute approximate surface area is 192 Å². The van der Waals surface area contributed by atoms with E-state index < -0.39 is 17.4 Å². The molecule has 33 heavy (non-hydrogen) atoms. The first-order valence-electron chi connectivity index (χ1n) is 10.8. The van der Waals surface area contributed by atoms with Crippen molar-refractivity contribution in [2.75, 3.05) is 18.5 Å². The van der Waals surface area contributed by atoms with Crippen molar-refractivity contribution in [1.29, 1.82) is 0 Å². The van der Waals surface area contributed by atoms with Gasteiger partial charge in [0.05, 0.1) is 13.2 Å². The minimum atomic E-state index is -1.51. The van der Waals surface area contributed by atoms with Gasteiger partial charge in [0, 0.05) is 17.3 Å². The molecule has 0 saturated heterocycles. The number of hydrogen-bond acceptors (Lipinski definition) is 5. The molecule has 0 aromatic heterocycles. The molecular formula is C27H26N2O4. The quantitative estimate of drug-likeness (QED) is 0.386. The molecule has 6 nitrogen and oxygen atoms in total. The maximum atomic E-state index is 12.7. The Kier molecular flexibility index (Phi) is 6.14. The largest absolute Gasteiger partial charge is 0.395 e. The Morgan fingerprint density at radius 3 is 1.94 bits per heavy atom. The van der Waals surface area contributed by atoms with E-state index in [-0.39, 0.29) is 18.8 Å². The second-order valence-corrected chi connectivity index (χ2v) is 8.19. The molecule has 1 heterocycles. The molecule has 1 aliphatic rings. The molecule has 0 aliphatic carbocycles. The highest BCUT2D eigenvalue weighted by molar-refractivity contribution is 6.17. The van der Waals surface area contributed by atoms with Crippen molar-refractivity contribution < 1.29 is 19.8 Å². The van der Waals surface area contributed by atoms with Crippen LogP contribution in [0.25, 0.3) is 0 Å². The SMILES string of the molecule is Cc1ccc(C(O)(c2ccc(C)cc2)c2ccccc2NC2=CC(=O)N(CCO)C2=O)cc1. The van der Waals surface area contributed by atoms with Crippen LogP contribution in [0.1, 0.15) is 27.8 Å². The van der Waals surface area contributed by atoms with E-state index in [0.717, 1.165) is 16.0 Å². The number of imide groups is 1. The third-order valence-electron chi connectivity index (χ3n) is 5.86. The van der Waals surface area contributed by atoms with Gasteiger partial charge in [0.25, 0.3) is 11.8 Å². The van der Waals surface area contributed by atoms with Gasteiger partial charge in [-0.1, -0.05) is 77.9 Å². The number of β-amino-alcohol motifs (C(OH)–C–C–N with tert-alkyl or cyclic N) is 1. The molecule has 1 aliphatic heterocycles. The number of carbonyl (C=O) groups is 2. The number of para-hydroxylation sites is 1. The number of hydrogen-bond donors (Lipinski definition) is 3. The molecule has 168 valence electrons. The van der Waals surface area contributed by atoms with Gasteiger partial charge < -0.3 is 15.5 Å². The maximum absolute atomic E-state index is 12.7. The molecule has 0 radical (unpaired) electrons. The molecule has 4 rings (SSSR count). The van der Waals surface area contributed by atoms with Crippen LogP contribution in [0.15, 0.2) is 84.6 Å². The fraction of sp³-hybridized carbons (Fsp3) is 0.185. The van der Waals surface area contributed by atoms with Crippen LogP contribution < -0.4 is 5.32 Å². The van der Waals surface area contributed by atoms with Gasteiger partial charge >= 0.3 is 0 Å². The van der Waals surface area contributed by atoms with Gasteiger partial charge in [0.2, 0.25) is 0 Å². The summed E-state index contributed by atoms with van der Waals surface area (Å²) in [5.41, 5.74) is 3.12. The van der Waals surface area contributed by atoms with Crippen LogP contribution >= 0.6 is 0 Å². The number of carbonyl (C=O) groups excluding carboxylic acids is 2. The van der Waals surface area contributed by atoms with Crippen LogP contribution in [0.3, 0.4) is 0 Å². The standard InChI is InChI=1S/C27H26N2O4/c1-18-7-11-20(12-8-18)27(33,21-13-9-19(2)10-14-21)22-5-3-4-6-23(22)28-24-17-25(31)29(15-16-30)26(24)32/h3-14,17,28,30,33H,15-16H2,1-2H3. The highest BCUT2D eigenvalue weighted by Crippen LogP contribution is 2.41. The van der Waals surface area contributed by atoms with Crippen LogP contribution in [0, 0.1) is 13.8 Å². The van der Waals surface area contributed by atoms with Crippen molar-refractivity contribution in [2.24, 2.45) is 0 Å². The summed E-state index contributed by atoms with van der Waals surface area (Å²) in [4.78, 5) is 25.9. The summed E-state index contributed by atoms with van der Waals surface area (Å²) in [6.07, 6.45) is 1.21. The minimum absolute atomic E-state index is 0.0718. The molecule has 0 bridgehead atoms. The fourth-order valence-corrected chi connectivity index (χ4v) is 4.03. The number of aliphatic hydroxyl groups excluding tert-OH is 1. The number of rotatable bonds is 7. The number of nitrogens with one attached hydrogen (secondary N) is 1. The third kappa shape index (κ3) is 4.18. The lowest BCUT2D eigenvalue weighted by molar-refractivity contribution is -0.137. The summed E-state index contributed by atoms with van der Waals surface area (Å²) in [7, 11) is 0. The second-order valence-electron chi connectivity index (χ2n) is 8.19. The summed E-state index contributed by atoms with van der Waals surface area (Å²) < 4.78 is 0. The Hall–Kier alpha value is -3.74. The van der Waals surface area contributed by atoms with Crippen LogP contribution in [0.4, 0.5) is 5.69 Å². The molecule has 2 amide bonds. The topological polar surface area (TPSA) is 89.9 Å². The molecule has 0 spiro atoms. The van der Waals surface area contributed by atoms with E-state index in [0.29, 0.717) is 22.4 Å². The molecule has 0 fully saturated rings. The van der Waals surface area contributed by atoms with Gasteiger partial charge in [-0.25, -0.2) is 0 Å². The van der Waals surface area contributed by atoms with E-state index in [1.165, 1.54) is 6.08 Å². The van der Waals surface area contributed by atoms with Crippen LogP contribution in [-0.2, 0) is 15.2 Å². The molecule has 3 N–H and O–H groups in total. The van der Waals surface area contributed by atoms with Gasteiger partial charge in [0.15, 0.2) is 0 Å². The van der Waals surface area contributed by atoms with Crippen LogP contribution in [-0.4, -0.2) is 40.1 Å². The zero-order valence-electron chi connectivity index (χ0n) is 18.6. The van der Waals surface area contributed by atoms with Crippen LogP contribution in [0.5, 0.6) is 0 Å². The van der Waals surface area contributed by atoms with Crippen molar-refractivity contribution >= 4 is 17.5 Å². The van der Waals surface area contributed by atoms with Crippen molar-refractivity contribution in [2.45, 2.75) is 19.4 Å². The van der Waals surface area contributed by atoms with E-state index in [1.807, 2.05) is 68.4 Å². The van der Waals surface area contributed by atoms with Crippen molar-refractivity contribution in [3.05, 3.63) is 112 Å². The molecule has 3 aromatic carbocycles. The number of aliphatic hydroxyl groups is 2. The number of benzene rings is 3. The lowest BCUT2D eigenvalue weighted by Gasteiger charge is -2.32. The Morgan fingerprint density at radius 2 is 1.39 bits per heavy atom. The minimum Gasteiger partial charge on any atom is -0.395 e. The van der Waals surface area contributed by atoms with Gasteiger partial charge in [-0.3, -0.25) is 14.5 Å². The van der Waals surface area contributed by atoms with E-state index in [2.05, 4.69) is 5.32 Å². The Balaban J connectivity index is 1.82. The predicted molar refractivity (Wildman–Crippen MR) is 126 cm³/mol. The van der Waals surface area contributed by atoms with Gasteiger partial charge in [0.1, 0.15) is 11.3 Å². The van der Waals surface area contributed by atoms with Gasteiger partial charge in [-0.2, -0.15) is 0 Å². The van der Waals surface area contributed by atoms with E-state index in [1.54, 1.807) is 18.2 Å². The molecule has 0 unspecified atom stereocenters. The number of anilines is 1. The highest BCUT2D eigenvalue weighted by atomic mass is 16.3. The van der Waals surface area contributed by atoms with Crippen molar-refractivity contribution in [3.8, 4) is 0 Å². The molecule has 3 aromatic rings. The number of amides is 2. The summed E-state index contributed by atoms with van der Waals surface area (Å²) in [6.45, 7) is 3.59. The first-order chi connectivity index (χ1) is 15.8. The summed E-state index contributed by atoms with van der Waals surface area (Å²) >= 11 is 0. The van der Waals surface area contributed by atoms with Gasteiger partial charge in [-0.05, 0) is 31.0 Å². The average Bonchev–Trinajstić information content (AvgIpc) is 3.07. The normalized spacial score (nSPS) is 13.9. The predicted octanol–water partition coefficient (Wildman–Crippen LogP) is 3.24. The smallest absolute Gasteiger partial charge is 0.277 e. The first kappa shape index (κ1) is 22.5.